The monoisotopic (exact) mass is 388 g/mol. The van der Waals surface area contributed by atoms with Crippen LogP contribution in [-0.2, 0) is 20.4 Å². The van der Waals surface area contributed by atoms with Gasteiger partial charge < -0.3 is 14.2 Å². The van der Waals surface area contributed by atoms with Crippen molar-refractivity contribution in [2.45, 2.75) is 17.3 Å². The van der Waals surface area contributed by atoms with Crippen LogP contribution >= 0.6 is 0 Å². The molecule has 29 heavy (non-hydrogen) atoms. The van der Waals surface area contributed by atoms with Gasteiger partial charge in [0, 0.05) is 5.41 Å². The maximum Gasteiger partial charge on any atom is 0.317 e. The van der Waals surface area contributed by atoms with Crippen LogP contribution in [0.2, 0.25) is 0 Å². The van der Waals surface area contributed by atoms with Gasteiger partial charge in [0.05, 0.1) is 21.3 Å². The minimum absolute atomic E-state index is 0.234. The van der Waals surface area contributed by atoms with E-state index in [2.05, 4.69) is 12.1 Å². The molecule has 0 N–H and O–H groups in total. The summed E-state index contributed by atoms with van der Waals surface area (Å²) in [5, 5.41) is 0. The lowest BCUT2D eigenvalue weighted by Crippen LogP contribution is -2.32. The molecule has 0 bridgehead atoms. The summed E-state index contributed by atoms with van der Waals surface area (Å²) in [6.45, 7) is 0. The highest BCUT2D eigenvalue weighted by atomic mass is 16.5. The van der Waals surface area contributed by atoms with Crippen molar-refractivity contribution in [1.29, 1.82) is 0 Å². The van der Waals surface area contributed by atoms with Gasteiger partial charge in [0.2, 0.25) is 0 Å². The number of hydrogen-bond acceptors (Lipinski definition) is 4. The molecule has 0 aromatic heterocycles. The molecule has 0 saturated heterocycles. The predicted octanol–water partition coefficient (Wildman–Crippen LogP) is 4.50. The fraction of sp³-hybridized carbons (Fsp3) is 0.240. The lowest BCUT2D eigenvalue weighted by Gasteiger charge is -2.26. The molecule has 1 aliphatic carbocycles. The van der Waals surface area contributed by atoms with Gasteiger partial charge in [-0.2, -0.15) is 0 Å². The molecule has 0 spiro atoms. The SMILES string of the molecule is COC(=O)[C@@]1(c2ccc(OC)cc2)C[C@@]1(c1ccccc1)c1ccc(OC)cc1. The van der Waals surface area contributed by atoms with Gasteiger partial charge in [-0.05, 0) is 47.4 Å². The molecule has 0 unspecified atom stereocenters. The number of carbonyl (C=O) groups excluding carboxylic acids is 1. The summed E-state index contributed by atoms with van der Waals surface area (Å²) in [6.07, 6.45) is 0.634. The van der Waals surface area contributed by atoms with E-state index < -0.39 is 10.8 Å². The third-order valence-corrected chi connectivity index (χ3v) is 6.10. The summed E-state index contributed by atoms with van der Waals surface area (Å²) in [7, 11) is 4.73. The first-order valence-electron chi connectivity index (χ1n) is 9.55. The van der Waals surface area contributed by atoms with Crippen LogP contribution in [0, 0.1) is 0 Å². The van der Waals surface area contributed by atoms with Gasteiger partial charge in [-0.25, -0.2) is 0 Å². The van der Waals surface area contributed by atoms with Crippen LogP contribution in [0.15, 0.2) is 78.9 Å². The van der Waals surface area contributed by atoms with E-state index in [-0.39, 0.29) is 5.97 Å². The number of esters is 1. The Morgan fingerprint density at radius 3 is 1.66 bits per heavy atom. The van der Waals surface area contributed by atoms with Gasteiger partial charge in [0.1, 0.15) is 16.9 Å². The molecule has 1 aliphatic rings. The van der Waals surface area contributed by atoms with E-state index in [0.717, 1.165) is 28.2 Å². The highest BCUT2D eigenvalue weighted by molar-refractivity contribution is 5.93. The summed E-state index contributed by atoms with van der Waals surface area (Å²) >= 11 is 0. The Labute approximate surface area is 171 Å². The number of methoxy groups -OCH3 is 3. The summed E-state index contributed by atoms with van der Waals surface area (Å²) in [4.78, 5) is 13.3. The second-order valence-corrected chi connectivity index (χ2v) is 7.30. The largest absolute Gasteiger partial charge is 0.497 e. The molecule has 1 fully saturated rings. The first-order valence-corrected chi connectivity index (χ1v) is 9.55. The van der Waals surface area contributed by atoms with Gasteiger partial charge in [-0.15, -0.1) is 0 Å². The van der Waals surface area contributed by atoms with Crippen LogP contribution in [0.4, 0.5) is 0 Å². The third kappa shape index (κ3) is 2.79. The standard InChI is InChI=1S/C25H24O4/c1-27-21-13-9-19(10-14-21)24(18-7-5-4-6-8-18)17-25(24,23(26)29-3)20-11-15-22(28-2)16-12-20/h4-16H,17H2,1-3H3/t24-,25+/m1/s1. The summed E-state index contributed by atoms with van der Waals surface area (Å²) < 4.78 is 16.0. The van der Waals surface area contributed by atoms with Gasteiger partial charge in [0.15, 0.2) is 0 Å². The topological polar surface area (TPSA) is 44.8 Å². The predicted molar refractivity (Wildman–Crippen MR) is 112 cm³/mol. The van der Waals surface area contributed by atoms with E-state index in [1.807, 2.05) is 66.7 Å². The molecule has 3 aromatic rings. The van der Waals surface area contributed by atoms with E-state index in [1.165, 1.54) is 7.11 Å². The Kier molecular flexibility index (Phi) is 4.79. The molecular weight excluding hydrogens is 364 g/mol. The first-order chi connectivity index (χ1) is 14.1. The second-order valence-electron chi connectivity index (χ2n) is 7.30. The van der Waals surface area contributed by atoms with Crippen molar-refractivity contribution in [3.05, 3.63) is 95.6 Å². The quantitative estimate of drug-likeness (QED) is 0.583. The minimum atomic E-state index is -0.802. The molecule has 4 rings (SSSR count). The van der Waals surface area contributed by atoms with Crippen molar-refractivity contribution in [2.75, 3.05) is 21.3 Å². The highest BCUT2D eigenvalue weighted by Crippen LogP contribution is 2.69. The van der Waals surface area contributed by atoms with Gasteiger partial charge in [-0.3, -0.25) is 4.79 Å². The molecule has 4 nitrogen and oxygen atoms in total. The van der Waals surface area contributed by atoms with Crippen LogP contribution in [-0.4, -0.2) is 27.3 Å². The fourth-order valence-corrected chi connectivity index (χ4v) is 4.58. The van der Waals surface area contributed by atoms with Crippen molar-refractivity contribution < 1.29 is 19.0 Å². The van der Waals surface area contributed by atoms with E-state index in [0.29, 0.717) is 6.42 Å². The molecule has 148 valence electrons. The van der Waals surface area contributed by atoms with Crippen molar-refractivity contribution in [3.8, 4) is 11.5 Å². The molecule has 1 saturated carbocycles. The van der Waals surface area contributed by atoms with Crippen LogP contribution in [0.3, 0.4) is 0 Å². The highest BCUT2D eigenvalue weighted by Gasteiger charge is 2.74. The number of hydrogen-bond donors (Lipinski definition) is 0. The van der Waals surface area contributed by atoms with E-state index in [9.17, 15) is 4.79 Å². The maximum atomic E-state index is 13.3. The van der Waals surface area contributed by atoms with Crippen LogP contribution in [0.25, 0.3) is 0 Å². The number of benzene rings is 3. The number of ether oxygens (including phenoxy) is 3. The Balaban J connectivity index is 1.93. The molecular formula is C25H24O4. The normalized spacial score (nSPS) is 22.6. The van der Waals surface area contributed by atoms with Crippen molar-refractivity contribution >= 4 is 5.97 Å². The average Bonchev–Trinajstić information content (AvgIpc) is 3.52. The lowest BCUT2D eigenvalue weighted by atomic mass is 9.77. The molecule has 0 amide bonds. The zero-order valence-electron chi connectivity index (χ0n) is 16.8. The van der Waals surface area contributed by atoms with Crippen LogP contribution < -0.4 is 9.47 Å². The molecule has 2 atom stereocenters. The van der Waals surface area contributed by atoms with E-state index in [4.69, 9.17) is 14.2 Å². The zero-order valence-corrected chi connectivity index (χ0v) is 16.8. The average molecular weight is 388 g/mol. The Hall–Kier alpha value is -3.27. The van der Waals surface area contributed by atoms with Crippen molar-refractivity contribution in [3.63, 3.8) is 0 Å². The molecule has 4 heteroatoms. The number of rotatable bonds is 6. The summed E-state index contributed by atoms with van der Waals surface area (Å²) in [6, 6.07) is 25.8. The summed E-state index contributed by atoms with van der Waals surface area (Å²) in [5.41, 5.74) is 1.76. The minimum Gasteiger partial charge on any atom is -0.497 e. The zero-order chi connectivity index (χ0) is 20.5. The molecule has 0 radical (unpaired) electrons. The van der Waals surface area contributed by atoms with E-state index in [1.54, 1.807) is 14.2 Å². The molecule has 0 aliphatic heterocycles. The smallest absolute Gasteiger partial charge is 0.317 e. The first kappa shape index (κ1) is 19.1. The van der Waals surface area contributed by atoms with Crippen molar-refractivity contribution in [1.82, 2.24) is 0 Å². The van der Waals surface area contributed by atoms with Crippen LogP contribution in [0.5, 0.6) is 11.5 Å². The number of carbonyl (C=O) groups is 1. The van der Waals surface area contributed by atoms with E-state index >= 15 is 0 Å². The third-order valence-electron chi connectivity index (χ3n) is 6.10. The van der Waals surface area contributed by atoms with Crippen molar-refractivity contribution in [2.24, 2.45) is 0 Å². The second kappa shape index (κ2) is 7.28. The van der Waals surface area contributed by atoms with Gasteiger partial charge >= 0.3 is 5.97 Å². The Bertz CT molecular complexity index is 995. The summed E-state index contributed by atoms with van der Waals surface area (Å²) in [5.74, 6) is 1.30. The molecule has 3 aromatic carbocycles. The fourth-order valence-electron chi connectivity index (χ4n) is 4.58. The van der Waals surface area contributed by atoms with Gasteiger partial charge in [0.25, 0.3) is 0 Å². The Morgan fingerprint density at radius 2 is 1.17 bits per heavy atom. The maximum absolute atomic E-state index is 13.3. The lowest BCUT2D eigenvalue weighted by molar-refractivity contribution is -0.144. The van der Waals surface area contributed by atoms with Crippen LogP contribution in [0.1, 0.15) is 23.1 Å². The van der Waals surface area contributed by atoms with Gasteiger partial charge in [-0.1, -0.05) is 54.6 Å². The molecule has 0 heterocycles. The Morgan fingerprint density at radius 1 is 0.690 bits per heavy atom.